The van der Waals surface area contributed by atoms with Gasteiger partial charge in [-0.15, -0.1) is 0 Å². The molecule has 0 spiro atoms. The highest BCUT2D eigenvalue weighted by Crippen LogP contribution is 2.43. The molecule has 0 atom stereocenters. The molecule has 18 heavy (non-hydrogen) atoms. The maximum absolute atomic E-state index is 12.9. The number of benzene rings is 1. The van der Waals surface area contributed by atoms with Gasteiger partial charge in [0.25, 0.3) is 0 Å². The molecule has 1 fully saturated rings. The second kappa shape index (κ2) is 3.82. The van der Waals surface area contributed by atoms with Crippen LogP contribution in [-0.2, 0) is 6.18 Å². The van der Waals surface area contributed by atoms with Gasteiger partial charge in [0.15, 0.2) is 0 Å². The largest absolute Gasteiger partial charge is 0.418 e. The van der Waals surface area contributed by atoms with Crippen LogP contribution >= 0.6 is 11.6 Å². The summed E-state index contributed by atoms with van der Waals surface area (Å²) in [6, 6.07) is 4.02. The molecule has 0 aliphatic heterocycles. The molecule has 2 aromatic rings. The Kier molecular flexibility index (Phi) is 2.48. The number of para-hydroxylation sites is 1. The van der Waals surface area contributed by atoms with E-state index in [4.69, 9.17) is 11.6 Å². The normalized spacial score (nSPS) is 16.2. The van der Waals surface area contributed by atoms with E-state index in [1.54, 1.807) is 6.07 Å². The number of alkyl halides is 3. The van der Waals surface area contributed by atoms with Crippen molar-refractivity contribution in [2.45, 2.75) is 24.9 Å². The van der Waals surface area contributed by atoms with E-state index in [1.807, 2.05) is 0 Å². The Morgan fingerprint density at radius 3 is 2.50 bits per heavy atom. The lowest BCUT2D eigenvalue weighted by atomic mass is 10.1. The molecule has 2 nitrogen and oxygen atoms in total. The van der Waals surface area contributed by atoms with E-state index in [1.165, 1.54) is 6.07 Å². The van der Waals surface area contributed by atoms with E-state index in [9.17, 15) is 13.2 Å². The third kappa shape index (κ3) is 1.92. The van der Waals surface area contributed by atoms with Crippen LogP contribution in [0.5, 0.6) is 0 Å². The number of rotatable bonds is 1. The van der Waals surface area contributed by atoms with E-state index in [0.29, 0.717) is 11.1 Å². The smallest absolute Gasteiger partial charge is 0.222 e. The molecule has 1 aliphatic rings. The van der Waals surface area contributed by atoms with Gasteiger partial charge in [-0.1, -0.05) is 12.1 Å². The summed E-state index contributed by atoms with van der Waals surface area (Å²) >= 11 is 5.73. The first kappa shape index (κ1) is 11.7. The summed E-state index contributed by atoms with van der Waals surface area (Å²) < 4.78 is 38.7. The van der Waals surface area contributed by atoms with E-state index in [2.05, 4.69) is 9.97 Å². The molecular formula is C12H8ClF3N2. The predicted octanol–water partition coefficient (Wildman–Crippen LogP) is 4.18. The summed E-state index contributed by atoms with van der Waals surface area (Å²) in [7, 11) is 0. The molecule has 1 heterocycles. The topological polar surface area (TPSA) is 25.8 Å². The molecular weight excluding hydrogens is 265 g/mol. The van der Waals surface area contributed by atoms with Gasteiger partial charge in [0, 0.05) is 11.3 Å². The highest BCUT2D eigenvalue weighted by atomic mass is 35.5. The first-order chi connectivity index (χ1) is 8.47. The summed E-state index contributed by atoms with van der Waals surface area (Å²) in [5.41, 5.74) is -0.228. The zero-order valence-corrected chi connectivity index (χ0v) is 9.89. The minimum absolute atomic E-state index is 0.105. The molecule has 94 valence electrons. The van der Waals surface area contributed by atoms with Crippen molar-refractivity contribution in [2.24, 2.45) is 0 Å². The monoisotopic (exact) mass is 272 g/mol. The fourth-order valence-corrected chi connectivity index (χ4v) is 2.22. The van der Waals surface area contributed by atoms with Crippen LogP contribution in [0.3, 0.4) is 0 Å². The first-order valence-corrected chi connectivity index (χ1v) is 5.88. The highest BCUT2D eigenvalue weighted by Gasteiger charge is 2.35. The van der Waals surface area contributed by atoms with Gasteiger partial charge in [0.1, 0.15) is 0 Å². The molecule has 0 amide bonds. The molecule has 0 bridgehead atoms. The maximum Gasteiger partial charge on any atom is 0.418 e. The van der Waals surface area contributed by atoms with Gasteiger partial charge in [-0.2, -0.15) is 13.2 Å². The summed E-state index contributed by atoms with van der Waals surface area (Å²) in [6.45, 7) is 0. The van der Waals surface area contributed by atoms with Gasteiger partial charge in [-0.25, -0.2) is 9.97 Å². The quantitative estimate of drug-likeness (QED) is 0.728. The van der Waals surface area contributed by atoms with Crippen molar-refractivity contribution >= 4 is 22.5 Å². The number of hydrogen-bond acceptors (Lipinski definition) is 2. The Balaban J connectivity index is 2.34. The Labute approximate surface area is 106 Å². The number of halogens is 4. The molecule has 1 saturated carbocycles. The van der Waals surface area contributed by atoms with Crippen molar-refractivity contribution in [3.8, 4) is 0 Å². The Morgan fingerprint density at radius 2 is 1.89 bits per heavy atom. The Hall–Kier alpha value is -1.36. The van der Waals surface area contributed by atoms with Crippen molar-refractivity contribution in [3.63, 3.8) is 0 Å². The second-order valence-corrected chi connectivity index (χ2v) is 4.69. The van der Waals surface area contributed by atoms with Gasteiger partial charge >= 0.3 is 6.18 Å². The van der Waals surface area contributed by atoms with Crippen LogP contribution < -0.4 is 0 Å². The van der Waals surface area contributed by atoms with Crippen LogP contribution in [0, 0.1) is 0 Å². The average Bonchev–Trinajstić information content (AvgIpc) is 3.09. The third-order valence-electron chi connectivity index (χ3n) is 3.00. The van der Waals surface area contributed by atoms with E-state index in [0.717, 1.165) is 18.9 Å². The molecule has 3 rings (SSSR count). The molecule has 1 aromatic heterocycles. The van der Waals surface area contributed by atoms with E-state index < -0.39 is 11.7 Å². The van der Waals surface area contributed by atoms with Crippen molar-refractivity contribution in [1.29, 1.82) is 0 Å². The molecule has 0 N–H and O–H groups in total. The first-order valence-electron chi connectivity index (χ1n) is 5.50. The average molecular weight is 273 g/mol. The molecule has 1 aromatic carbocycles. The lowest BCUT2D eigenvalue weighted by Crippen LogP contribution is -2.07. The van der Waals surface area contributed by atoms with Crippen LogP contribution in [0.4, 0.5) is 13.2 Å². The van der Waals surface area contributed by atoms with Crippen LogP contribution in [0.25, 0.3) is 10.9 Å². The van der Waals surface area contributed by atoms with Crippen molar-refractivity contribution in [2.75, 3.05) is 0 Å². The SMILES string of the molecule is FC(F)(F)c1cccc2c(C3CC3)nc(Cl)nc12. The van der Waals surface area contributed by atoms with Crippen molar-refractivity contribution in [1.82, 2.24) is 9.97 Å². The zero-order valence-electron chi connectivity index (χ0n) is 9.13. The molecule has 1 aliphatic carbocycles. The van der Waals surface area contributed by atoms with Crippen molar-refractivity contribution < 1.29 is 13.2 Å². The van der Waals surface area contributed by atoms with Crippen LogP contribution in [-0.4, -0.2) is 9.97 Å². The summed E-state index contributed by atoms with van der Waals surface area (Å²) in [6.07, 6.45) is -2.55. The lowest BCUT2D eigenvalue weighted by molar-refractivity contribution is -0.136. The predicted molar refractivity (Wildman–Crippen MR) is 61.5 cm³/mol. The van der Waals surface area contributed by atoms with Gasteiger partial charge in [0.05, 0.1) is 16.8 Å². The number of hydrogen-bond donors (Lipinski definition) is 0. The number of nitrogens with zero attached hydrogens (tertiary/aromatic N) is 2. The van der Waals surface area contributed by atoms with E-state index >= 15 is 0 Å². The van der Waals surface area contributed by atoms with Crippen LogP contribution in [0.1, 0.15) is 30.0 Å². The lowest BCUT2D eigenvalue weighted by Gasteiger charge is -2.11. The fourth-order valence-electron chi connectivity index (χ4n) is 2.04. The number of aromatic nitrogens is 2. The minimum atomic E-state index is -4.43. The summed E-state index contributed by atoms with van der Waals surface area (Å²) in [5, 5.41) is 0.331. The standard InChI is InChI=1S/C12H8ClF3N2/c13-11-17-9(6-4-5-6)7-2-1-3-8(10(7)18-11)12(14,15)16/h1-3,6H,4-5H2. The Bertz CT molecular complexity index is 620. The maximum atomic E-state index is 12.9. The van der Waals surface area contributed by atoms with Crippen LogP contribution in [0.15, 0.2) is 18.2 Å². The number of fused-ring (bicyclic) bond motifs is 1. The van der Waals surface area contributed by atoms with Crippen LogP contribution in [0.2, 0.25) is 5.28 Å². The Morgan fingerprint density at radius 1 is 1.17 bits per heavy atom. The van der Waals surface area contributed by atoms with Gasteiger partial charge < -0.3 is 0 Å². The van der Waals surface area contributed by atoms with Gasteiger partial charge in [-0.05, 0) is 30.5 Å². The molecule has 0 unspecified atom stereocenters. The fraction of sp³-hybridized carbons (Fsp3) is 0.333. The molecule has 6 heteroatoms. The van der Waals surface area contributed by atoms with E-state index in [-0.39, 0.29) is 16.7 Å². The van der Waals surface area contributed by atoms with Gasteiger partial charge in [0.2, 0.25) is 5.28 Å². The minimum Gasteiger partial charge on any atom is -0.222 e. The molecule has 0 radical (unpaired) electrons. The highest BCUT2D eigenvalue weighted by molar-refractivity contribution is 6.28. The molecule has 0 saturated heterocycles. The van der Waals surface area contributed by atoms with Gasteiger partial charge in [-0.3, -0.25) is 0 Å². The summed E-state index contributed by atoms with van der Waals surface area (Å²) in [4.78, 5) is 7.82. The second-order valence-electron chi connectivity index (χ2n) is 4.35. The third-order valence-corrected chi connectivity index (χ3v) is 3.17. The summed E-state index contributed by atoms with van der Waals surface area (Å²) in [5.74, 6) is 0.219. The van der Waals surface area contributed by atoms with Crippen molar-refractivity contribution in [3.05, 3.63) is 34.7 Å². The zero-order chi connectivity index (χ0) is 12.9.